The van der Waals surface area contributed by atoms with Gasteiger partial charge in [-0.1, -0.05) is 43.7 Å². The first-order valence-electron chi connectivity index (χ1n) is 10.2. The van der Waals surface area contributed by atoms with Gasteiger partial charge in [-0.2, -0.15) is 5.10 Å². The summed E-state index contributed by atoms with van der Waals surface area (Å²) in [5.41, 5.74) is 2.60. The number of halogens is 1. The Labute approximate surface area is 173 Å². The van der Waals surface area contributed by atoms with Crippen molar-refractivity contribution >= 4 is 18.3 Å². The van der Waals surface area contributed by atoms with Crippen molar-refractivity contribution in [1.82, 2.24) is 20.0 Å². The highest BCUT2D eigenvalue weighted by atomic mass is 35.5. The molecule has 2 aliphatic rings. The van der Waals surface area contributed by atoms with E-state index in [1.54, 1.807) is 0 Å². The van der Waals surface area contributed by atoms with Gasteiger partial charge in [0.25, 0.3) is 0 Å². The largest absolute Gasteiger partial charge is 0.342 e. The molecule has 2 fully saturated rings. The van der Waals surface area contributed by atoms with Crippen LogP contribution in [-0.2, 0) is 11.8 Å². The minimum Gasteiger partial charge on any atom is -0.342 e. The van der Waals surface area contributed by atoms with Crippen molar-refractivity contribution in [3.63, 3.8) is 0 Å². The van der Waals surface area contributed by atoms with Gasteiger partial charge in [0, 0.05) is 45.3 Å². The van der Waals surface area contributed by atoms with Gasteiger partial charge in [0.1, 0.15) is 0 Å². The fourth-order valence-electron chi connectivity index (χ4n) is 4.94. The Morgan fingerprint density at radius 2 is 1.96 bits per heavy atom. The number of aromatic nitrogens is 2. The maximum Gasteiger partial charge on any atom is 0.227 e. The molecule has 2 saturated heterocycles. The predicted octanol–water partition coefficient (Wildman–Crippen LogP) is 3.19. The van der Waals surface area contributed by atoms with E-state index in [-0.39, 0.29) is 24.2 Å². The molecule has 28 heavy (non-hydrogen) atoms. The molecule has 4 rings (SSSR count). The molecule has 1 N–H and O–H groups in total. The summed E-state index contributed by atoms with van der Waals surface area (Å²) < 4.78 is 1.83. The maximum absolute atomic E-state index is 13.4. The molecular weight excluding hydrogens is 372 g/mol. The van der Waals surface area contributed by atoms with Crippen LogP contribution in [0.3, 0.4) is 0 Å². The molecule has 4 atom stereocenters. The SMILES string of the molecule is CCC1CN(C(=O)[C@H]2CNC[C@@H]2c2cnn(C)c2)CCC1c1ccccc1.Cl. The van der Waals surface area contributed by atoms with E-state index in [4.69, 9.17) is 0 Å². The summed E-state index contributed by atoms with van der Waals surface area (Å²) in [6.07, 6.45) is 6.13. The zero-order valence-electron chi connectivity index (χ0n) is 16.8. The summed E-state index contributed by atoms with van der Waals surface area (Å²) in [4.78, 5) is 15.5. The number of nitrogens with one attached hydrogen (secondary N) is 1. The number of amides is 1. The summed E-state index contributed by atoms with van der Waals surface area (Å²) in [5.74, 6) is 1.68. The average molecular weight is 403 g/mol. The zero-order chi connectivity index (χ0) is 18.8. The van der Waals surface area contributed by atoms with E-state index >= 15 is 0 Å². The summed E-state index contributed by atoms with van der Waals surface area (Å²) >= 11 is 0. The molecule has 2 unspecified atom stereocenters. The van der Waals surface area contributed by atoms with Crippen LogP contribution in [0.15, 0.2) is 42.7 Å². The van der Waals surface area contributed by atoms with Crippen molar-refractivity contribution in [2.75, 3.05) is 26.2 Å². The van der Waals surface area contributed by atoms with E-state index in [2.05, 4.69) is 58.8 Å². The first kappa shape index (κ1) is 20.9. The van der Waals surface area contributed by atoms with Crippen LogP contribution in [0.1, 0.15) is 42.7 Å². The second kappa shape index (κ2) is 9.10. The van der Waals surface area contributed by atoms with Crippen LogP contribution in [-0.4, -0.2) is 46.8 Å². The minimum absolute atomic E-state index is 0. The first-order valence-corrected chi connectivity index (χ1v) is 10.2. The lowest BCUT2D eigenvalue weighted by Crippen LogP contribution is -2.46. The van der Waals surface area contributed by atoms with Gasteiger partial charge in [-0.25, -0.2) is 0 Å². The highest BCUT2D eigenvalue weighted by Crippen LogP contribution is 2.37. The summed E-state index contributed by atoms with van der Waals surface area (Å²) in [6, 6.07) is 10.8. The highest BCUT2D eigenvalue weighted by molar-refractivity contribution is 5.85. The number of carbonyl (C=O) groups excluding carboxylic acids is 1. The third-order valence-electron chi connectivity index (χ3n) is 6.48. The fourth-order valence-corrected chi connectivity index (χ4v) is 4.94. The zero-order valence-corrected chi connectivity index (χ0v) is 17.6. The van der Waals surface area contributed by atoms with E-state index in [9.17, 15) is 4.79 Å². The minimum atomic E-state index is 0. The summed E-state index contributed by atoms with van der Waals surface area (Å²) in [5, 5.41) is 7.73. The Morgan fingerprint density at radius 1 is 1.18 bits per heavy atom. The third kappa shape index (κ3) is 4.11. The molecule has 0 spiro atoms. The molecule has 3 heterocycles. The number of carbonyl (C=O) groups is 1. The molecule has 1 aromatic heterocycles. The van der Waals surface area contributed by atoms with Gasteiger partial charge in [-0.05, 0) is 29.4 Å². The van der Waals surface area contributed by atoms with Crippen molar-refractivity contribution in [2.24, 2.45) is 18.9 Å². The number of benzene rings is 1. The number of likely N-dealkylation sites (tertiary alicyclic amines) is 1. The van der Waals surface area contributed by atoms with E-state index in [0.717, 1.165) is 39.0 Å². The molecule has 1 aromatic carbocycles. The monoisotopic (exact) mass is 402 g/mol. The molecule has 0 aliphatic carbocycles. The van der Waals surface area contributed by atoms with E-state index < -0.39 is 0 Å². The van der Waals surface area contributed by atoms with Crippen LogP contribution >= 0.6 is 12.4 Å². The molecule has 0 saturated carbocycles. The number of hydrogen-bond donors (Lipinski definition) is 1. The number of nitrogens with zero attached hydrogens (tertiary/aromatic N) is 3. The summed E-state index contributed by atoms with van der Waals surface area (Å²) in [6.45, 7) is 5.63. The van der Waals surface area contributed by atoms with Crippen LogP contribution in [0.2, 0.25) is 0 Å². The standard InChI is InChI=1S/C22H30N4O.ClH/c1-3-16-15-26(10-9-19(16)17-7-5-4-6-8-17)22(27)21-13-23-12-20(21)18-11-24-25(2)14-18;/h4-8,11,14,16,19-21,23H,3,9-10,12-13,15H2,1-2H3;1H/t16?,19?,20-,21+;/m1./s1. The molecule has 152 valence electrons. The van der Waals surface area contributed by atoms with Crippen molar-refractivity contribution in [3.8, 4) is 0 Å². The molecule has 1 amide bonds. The molecule has 0 radical (unpaired) electrons. The molecular formula is C22H31ClN4O. The Balaban J connectivity index is 0.00000225. The van der Waals surface area contributed by atoms with Crippen molar-refractivity contribution in [2.45, 2.75) is 31.6 Å². The molecule has 0 bridgehead atoms. The number of piperidine rings is 1. The van der Waals surface area contributed by atoms with Crippen LogP contribution in [0.25, 0.3) is 0 Å². The fraction of sp³-hybridized carbons (Fsp3) is 0.545. The Kier molecular flexibility index (Phi) is 6.78. The smallest absolute Gasteiger partial charge is 0.227 e. The van der Waals surface area contributed by atoms with E-state index in [1.165, 1.54) is 11.1 Å². The third-order valence-corrected chi connectivity index (χ3v) is 6.48. The van der Waals surface area contributed by atoms with Gasteiger partial charge in [0.2, 0.25) is 5.91 Å². The molecule has 5 nitrogen and oxygen atoms in total. The quantitative estimate of drug-likeness (QED) is 0.854. The summed E-state index contributed by atoms with van der Waals surface area (Å²) in [7, 11) is 1.93. The van der Waals surface area contributed by atoms with Gasteiger partial charge in [-0.3, -0.25) is 9.48 Å². The Hall–Kier alpha value is -1.85. The topological polar surface area (TPSA) is 50.2 Å². The van der Waals surface area contributed by atoms with Crippen LogP contribution in [0.4, 0.5) is 0 Å². The normalized spacial score (nSPS) is 27.4. The average Bonchev–Trinajstić information content (AvgIpc) is 3.36. The van der Waals surface area contributed by atoms with Gasteiger partial charge < -0.3 is 10.2 Å². The molecule has 2 aromatic rings. The number of aryl methyl sites for hydroxylation is 1. The van der Waals surface area contributed by atoms with Crippen molar-refractivity contribution in [1.29, 1.82) is 0 Å². The number of hydrogen-bond acceptors (Lipinski definition) is 3. The van der Waals surface area contributed by atoms with Gasteiger partial charge >= 0.3 is 0 Å². The van der Waals surface area contributed by atoms with Crippen molar-refractivity contribution in [3.05, 3.63) is 53.9 Å². The lowest BCUT2D eigenvalue weighted by Gasteiger charge is -2.40. The molecule has 2 aliphatic heterocycles. The maximum atomic E-state index is 13.4. The first-order chi connectivity index (χ1) is 13.2. The van der Waals surface area contributed by atoms with E-state index in [0.29, 0.717) is 17.7 Å². The number of rotatable bonds is 4. The van der Waals surface area contributed by atoms with Crippen LogP contribution < -0.4 is 5.32 Å². The predicted molar refractivity (Wildman–Crippen MR) is 114 cm³/mol. The van der Waals surface area contributed by atoms with Crippen molar-refractivity contribution < 1.29 is 4.79 Å². The highest BCUT2D eigenvalue weighted by Gasteiger charge is 2.39. The van der Waals surface area contributed by atoms with Gasteiger partial charge in [0.05, 0.1) is 12.1 Å². The lowest BCUT2D eigenvalue weighted by atomic mass is 9.78. The van der Waals surface area contributed by atoms with Crippen LogP contribution in [0.5, 0.6) is 0 Å². The van der Waals surface area contributed by atoms with Gasteiger partial charge in [0.15, 0.2) is 0 Å². The Morgan fingerprint density at radius 3 is 2.64 bits per heavy atom. The Bertz CT molecular complexity index is 778. The molecule has 6 heteroatoms. The second-order valence-corrected chi connectivity index (χ2v) is 8.08. The second-order valence-electron chi connectivity index (χ2n) is 8.08. The van der Waals surface area contributed by atoms with Crippen LogP contribution in [0, 0.1) is 11.8 Å². The van der Waals surface area contributed by atoms with Gasteiger partial charge in [-0.15, -0.1) is 12.4 Å². The van der Waals surface area contributed by atoms with E-state index in [1.807, 2.05) is 17.9 Å². The lowest BCUT2D eigenvalue weighted by molar-refractivity contribution is -0.137.